The molecule has 1 amide bonds. The molecule has 0 saturated carbocycles. The number of piperidine rings is 1. The molecular weight excluding hydrogens is 360 g/mol. The molecule has 6 heteroatoms. The largest absolute Gasteiger partial charge is 0.340 e. The predicted molar refractivity (Wildman–Crippen MR) is 109 cm³/mol. The summed E-state index contributed by atoms with van der Waals surface area (Å²) in [5, 5.41) is 0.468. The van der Waals surface area contributed by atoms with Gasteiger partial charge in [-0.2, -0.15) is 0 Å². The fourth-order valence-electron chi connectivity index (χ4n) is 4.26. The normalized spacial score (nSPS) is 21.4. The van der Waals surface area contributed by atoms with Gasteiger partial charge in [0.1, 0.15) is 11.2 Å². The number of hydrogen-bond donors (Lipinski definition) is 0. The van der Waals surface area contributed by atoms with Crippen molar-refractivity contribution in [3.05, 3.63) is 53.2 Å². The second-order valence-corrected chi connectivity index (χ2v) is 7.84. The van der Waals surface area contributed by atoms with Gasteiger partial charge in [0, 0.05) is 32.7 Å². The number of halogens is 1. The average Bonchev–Trinajstić information content (AvgIpc) is 2.68. The maximum Gasteiger partial charge on any atom is 0.249 e. The molecule has 0 spiro atoms. The first kappa shape index (κ1) is 18.3. The zero-order valence-electron chi connectivity index (χ0n) is 15.8. The number of amides is 1. The Kier molecular flexibility index (Phi) is 5.06. The lowest BCUT2D eigenvalue weighted by Crippen LogP contribution is -2.57. The standard InChI is InChI=1S/C21H25ClN4O/c1-15-21(27)24(2)18-8-9-19(22)23-20(18)26(15)17-10-12-25(13-11-17)14-16-6-4-3-5-7-16/h3-9,15,17H,10-14H2,1-2H3/t15-/m1/s1. The Bertz CT molecular complexity index is 820. The summed E-state index contributed by atoms with van der Waals surface area (Å²) in [6, 6.07) is 14.3. The van der Waals surface area contributed by atoms with Gasteiger partial charge in [-0.25, -0.2) is 4.98 Å². The van der Waals surface area contributed by atoms with Crippen LogP contribution in [0.5, 0.6) is 0 Å². The molecule has 1 aromatic heterocycles. The van der Waals surface area contributed by atoms with Crippen molar-refractivity contribution in [3.63, 3.8) is 0 Å². The number of nitrogens with zero attached hydrogens (tertiary/aromatic N) is 4. The average molecular weight is 385 g/mol. The van der Waals surface area contributed by atoms with Crippen molar-refractivity contribution in [1.82, 2.24) is 9.88 Å². The maximum absolute atomic E-state index is 12.7. The molecule has 1 fully saturated rings. The molecule has 2 aromatic rings. The first-order chi connectivity index (χ1) is 13.0. The summed E-state index contributed by atoms with van der Waals surface area (Å²) in [5.41, 5.74) is 2.19. The van der Waals surface area contributed by atoms with Crippen molar-refractivity contribution >= 4 is 29.0 Å². The van der Waals surface area contributed by atoms with E-state index >= 15 is 0 Å². The first-order valence-electron chi connectivity index (χ1n) is 9.53. The van der Waals surface area contributed by atoms with Gasteiger partial charge in [-0.3, -0.25) is 9.69 Å². The number of pyridine rings is 1. The predicted octanol–water partition coefficient (Wildman–Crippen LogP) is 3.57. The van der Waals surface area contributed by atoms with Crippen LogP contribution in [0.15, 0.2) is 42.5 Å². The summed E-state index contributed by atoms with van der Waals surface area (Å²) in [4.78, 5) is 23.7. The molecule has 2 aliphatic rings. The quantitative estimate of drug-likeness (QED) is 0.758. The molecule has 3 heterocycles. The topological polar surface area (TPSA) is 39.7 Å². The fourth-order valence-corrected chi connectivity index (χ4v) is 4.40. The lowest BCUT2D eigenvalue weighted by Gasteiger charge is -2.46. The summed E-state index contributed by atoms with van der Waals surface area (Å²) in [6.07, 6.45) is 2.03. The van der Waals surface area contributed by atoms with Gasteiger partial charge in [0.2, 0.25) is 5.91 Å². The number of fused-ring (bicyclic) bond motifs is 1. The van der Waals surface area contributed by atoms with Gasteiger partial charge in [-0.05, 0) is 37.5 Å². The van der Waals surface area contributed by atoms with Gasteiger partial charge in [-0.15, -0.1) is 0 Å². The van der Waals surface area contributed by atoms with Crippen LogP contribution in [0.1, 0.15) is 25.3 Å². The molecule has 0 unspecified atom stereocenters. The van der Waals surface area contributed by atoms with Crippen LogP contribution >= 0.6 is 11.6 Å². The van der Waals surface area contributed by atoms with Crippen molar-refractivity contribution < 1.29 is 4.79 Å². The highest BCUT2D eigenvalue weighted by Gasteiger charge is 2.39. The molecule has 2 aliphatic heterocycles. The Morgan fingerprint density at radius 3 is 2.52 bits per heavy atom. The Balaban J connectivity index is 1.51. The highest BCUT2D eigenvalue weighted by Crippen LogP contribution is 2.38. The lowest BCUT2D eigenvalue weighted by molar-refractivity contribution is -0.119. The van der Waals surface area contributed by atoms with Crippen LogP contribution in [-0.4, -0.2) is 48.0 Å². The summed E-state index contributed by atoms with van der Waals surface area (Å²) in [6.45, 7) is 4.98. The van der Waals surface area contributed by atoms with Gasteiger partial charge in [0.05, 0.1) is 5.69 Å². The van der Waals surface area contributed by atoms with Crippen LogP contribution in [0.4, 0.5) is 11.5 Å². The molecule has 4 rings (SSSR count). The fraction of sp³-hybridized carbons (Fsp3) is 0.429. The molecule has 1 saturated heterocycles. The third-order valence-electron chi connectivity index (χ3n) is 5.73. The van der Waals surface area contributed by atoms with Crippen LogP contribution < -0.4 is 9.80 Å². The molecule has 5 nitrogen and oxygen atoms in total. The summed E-state index contributed by atoms with van der Waals surface area (Å²) < 4.78 is 0. The van der Waals surface area contributed by atoms with Crippen molar-refractivity contribution in [2.75, 3.05) is 29.9 Å². The number of anilines is 2. The smallest absolute Gasteiger partial charge is 0.249 e. The van der Waals surface area contributed by atoms with Crippen molar-refractivity contribution in [2.45, 2.75) is 38.4 Å². The number of carbonyl (C=O) groups is 1. The van der Waals surface area contributed by atoms with Gasteiger partial charge in [0.15, 0.2) is 5.82 Å². The van der Waals surface area contributed by atoms with E-state index in [2.05, 4.69) is 45.1 Å². The van der Waals surface area contributed by atoms with Crippen LogP contribution in [0, 0.1) is 0 Å². The first-order valence-corrected chi connectivity index (χ1v) is 9.91. The zero-order valence-corrected chi connectivity index (χ0v) is 16.6. The molecule has 0 N–H and O–H groups in total. The third-order valence-corrected chi connectivity index (χ3v) is 5.94. The van der Waals surface area contributed by atoms with E-state index in [1.165, 1.54) is 5.56 Å². The molecule has 27 heavy (non-hydrogen) atoms. The SMILES string of the molecule is C[C@@H]1C(=O)N(C)c2ccc(Cl)nc2N1C1CCN(Cc2ccccc2)CC1. The van der Waals surface area contributed by atoms with Crippen molar-refractivity contribution in [3.8, 4) is 0 Å². The van der Waals surface area contributed by atoms with Crippen molar-refractivity contribution in [2.24, 2.45) is 0 Å². The van der Waals surface area contributed by atoms with E-state index in [0.717, 1.165) is 44.0 Å². The van der Waals surface area contributed by atoms with E-state index in [0.29, 0.717) is 11.2 Å². The Labute approximate surface area is 165 Å². The van der Waals surface area contributed by atoms with E-state index in [1.54, 1.807) is 11.0 Å². The number of carbonyl (C=O) groups excluding carboxylic acids is 1. The van der Waals surface area contributed by atoms with Gasteiger partial charge < -0.3 is 9.80 Å². The second kappa shape index (κ2) is 7.49. The molecule has 0 bridgehead atoms. The second-order valence-electron chi connectivity index (χ2n) is 7.45. The van der Waals surface area contributed by atoms with E-state index < -0.39 is 0 Å². The number of benzene rings is 1. The van der Waals surface area contributed by atoms with E-state index in [-0.39, 0.29) is 11.9 Å². The number of likely N-dealkylation sites (tertiary alicyclic amines) is 1. The van der Waals surface area contributed by atoms with Crippen LogP contribution in [0.3, 0.4) is 0 Å². The molecule has 0 aliphatic carbocycles. The molecule has 1 aromatic carbocycles. The Morgan fingerprint density at radius 2 is 1.81 bits per heavy atom. The highest BCUT2D eigenvalue weighted by molar-refractivity contribution is 6.29. The maximum atomic E-state index is 12.7. The van der Waals surface area contributed by atoms with Crippen molar-refractivity contribution in [1.29, 1.82) is 0 Å². The van der Waals surface area contributed by atoms with Crippen LogP contribution in [-0.2, 0) is 11.3 Å². The number of hydrogen-bond acceptors (Lipinski definition) is 4. The van der Waals surface area contributed by atoms with Crippen LogP contribution in [0.2, 0.25) is 5.15 Å². The Hall–Kier alpha value is -2.11. The van der Waals surface area contributed by atoms with Gasteiger partial charge >= 0.3 is 0 Å². The van der Waals surface area contributed by atoms with E-state index in [4.69, 9.17) is 11.6 Å². The monoisotopic (exact) mass is 384 g/mol. The lowest BCUT2D eigenvalue weighted by atomic mass is 9.98. The molecule has 1 atom stereocenters. The Morgan fingerprint density at radius 1 is 1.11 bits per heavy atom. The summed E-state index contributed by atoms with van der Waals surface area (Å²) in [7, 11) is 1.81. The minimum absolute atomic E-state index is 0.110. The minimum atomic E-state index is -0.223. The minimum Gasteiger partial charge on any atom is -0.340 e. The van der Waals surface area contributed by atoms with E-state index in [9.17, 15) is 4.79 Å². The van der Waals surface area contributed by atoms with Crippen LogP contribution in [0.25, 0.3) is 0 Å². The number of likely N-dealkylation sites (N-methyl/N-ethyl adjacent to an activating group) is 1. The number of aromatic nitrogens is 1. The number of rotatable bonds is 3. The van der Waals surface area contributed by atoms with Gasteiger partial charge in [-0.1, -0.05) is 41.9 Å². The summed E-state index contributed by atoms with van der Waals surface area (Å²) >= 11 is 6.18. The third kappa shape index (κ3) is 3.54. The molecular formula is C21H25ClN4O. The molecule has 0 radical (unpaired) electrons. The van der Waals surface area contributed by atoms with E-state index in [1.807, 2.05) is 20.0 Å². The summed E-state index contributed by atoms with van der Waals surface area (Å²) in [5.74, 6) is 0.942. The zero-order chi connectivity index (χ0) is 19.0. The van der Waals surface area contributed by atoms with Gasteiger partial charge in [0.25, 0.3) is 0 Å². The highest BCUT2D eigenvalue weighted by atomic mass is 35.5. The molecule has 142 valence electrons.